The smallest absolute Gasteiger partial charge is 0.258 e. The maximum atomic E-state index is 12.0. The molecule has 5 heteroatoms. The van der Waals surface area contributed by atoms with Gasteiger partial charge in [-0.15, -0.1) is 0 Å². The molecule has 0 radical (unpaired) electrons. The largest absolute Gasteiger partial charge is 0.312 e. The van der Waals surface area contributed by atoms with Crippen molar-refractivity contribution in [3.63, 3.8) is 0 Å². The fourth-order valence-corrected chi connectivity index (χ4v) is 2.57. The Kier molecular flexibility index (Phi) is 3.31. The molecule has 0 aromatic carbocycles. The maximum Gasteiger partial charge on any atom is 0.258 e. The number of aromatic nitrogens is 2. The number of fused-ring (bicyclic) bond motifs is 1. The molecule has 0 amide bonds. The SMILES string of the molecule is C[C@@H]1CN(Cc2cc(=O)n3ccccc3n2)CCN1. The summed E-state index contributed by atoms with van der Waals surface area (Å²) in [4.78, 5) is 18.9. The zero-order valence-corrected chi connectivity index (χ0v) is 11.0. The maximum absolute atomic E-state index is 12.0. The highest BCUT2D eigenvalue weighted by molar-refractivity contribution is 5.37. The first-order chi connectivity index (χ1) is 9.22. The first kappa shape index (κ1) is 12.3. The van der Waals surface area contributed by atoms with Gasteiger partial charge in [-0.2, -0.15) is 0 Å². The Balaban J connectivity index is 1.87. The first-order valence-electron chi connectivity index (χ1n) is 6.65. The summed E-state index contributed by atoms with van der Waals surface area (Å²) in [6.45, 7) is 5.91. The Morgan fingerprint density at radius 3 is 3.21 bits per heavy atom. The van der Waals surface area contributed by atoms with Crippen molar-refractivity contribution in [1.82, 2.24) is 19.6 Å². The fraction of sp³-hybridized carbons (Fsp3) is 0.429. The van der Waals surface area contributed by atoms with Crippen LogP contribution in [0.5, 0.6) is 0 Å². The topological polar surface area (TPSA) is 49.6 Å². The molecule has 1 aliphatic rings. The van der Waals surface area contributed by atoms with Gasteiger partial charge in [0.1, 0.15) is 5.65 Å². The van der Waals surface area contributed by atoms with Gasteiger partial charge in [0.25, 0.3) is 5.56 Å². The summed E-state index contributed by atoms with van der Waals surface area (Å²) in [5, 5.41) is 3.41. The van der Waals surface area contributed by atoms with Gasteiger partial charge in [0.15, 0.2) is 0 Å². The third-order valence-electron chi connectivity index (χ3n) is 3.46. The molecular formula is C14H18N4O. The van der Waals surface area contributed by atoms with Crippen molar-refractivity contribution in [3.05, 3.63) is 46.5 Å². The average molecular weight is 258 g/mol. The van der Waals surface area contributed by atoms with E-state index in [1.807, 2.05) is 18.2 Å². The molecule has 19 heavy (non-hydrogen) atoms. The lowest BCUT2D eigenvalue weighted by Gasteiger charge is -2.31. The molecule has 0 spiro atoms. The number of hydrogen-bond acceptors (Lipinski definition) is 4. The minimum atomic E-state index is -0.0104. The van der Waals surface area contributed by atoms with Gasteiger partial charge < -0.3 is 5.32 Å². The highest BCUT2D eigenvalue weighted by Gasteiger charge is 2.16. The molecule has 0 saturated carbocycles. The van der Waals surface area contributed by atoms with Crippen LogP contribution in [0.15, 0.2) is 35.3 Å². The molecule has 1 fully saturated rings. The Bertz CT molecular complexity index is 637. The van der Waals surface area contributed by atoms with Gasteiger partial charge in [-0.1, -0.05) is 6.07 Å². The van der Waals surface area contributed by atoms with Crippen molar-refractivity contribution in [2.75, 3.05) is 19.6 Å². The van der Waals surface area contributed by atoms with Crippen LogP contribution in [0.25, 0.3) is 5.65 Å². The van der Waals surface area contributed by atoms with Crippen LogP contribution in [0.1, 0.15) is 12.6 Å². The predicted octanol–water partition coefficient (Wildman–Crippen LogP) is 0.488. The summed E-state index contributed by atoms with van der Waals surface area (Å²) in [6, 6.07) is 7.74. The molecule has 0 unspecified atom stereocenters. The Morgan fingerprint density at radius 1 is 1.47 bits per heavy atom. The second-order valence-corrected chi connectivity index (χ2v) is 5.10. The standard InChI is InChI=1S/C14H18N4O/c1-11-9-17(7-5-15-11)10-12-8-14(19)18-6-3-2-4-13(18)16-12/h2-4,6,8,11,15H,5,7,9-10H2,1H3/t11-/m1/s1. The normalized spacial score (nSPS) is 20.8. The zero-order valence-electron chi connectivity index (χ0n) is 11.0. The Labute approximate surface area is 111 Å². The van der Waals surface area contributed by atoms with E-state index in [9.17, 15) is 4.79 Å². The summed E-state index contributed by atoms with van der Waals surface area (Å²) >= 11 is 0. The van der Waals surface area contributed by atoms with Gasteiger partial charge in [-0.3, -0.25) is 14.1 Å². The van der Waals surface area contributed by atoms with Crippen LogP contribution >= 0.6 is 0 Å². The van der Waals surface area contributed by atoms with Gasteiger partial charge in [-0.25, -0.2) is 4.98 Å². The van der Waals surface area contributed by atoms with E-state index in [2.05, 4.69) is 22.1 Å². The number of hydrogen-bond donors (Lipinski definition) is 1. The molecule has 3 heterocycles. The van der Waals surface area contributed by atoms with E-state index in [1.165, 1.54) is 0 Å². The summed E-state index contributed by atoms with van der Waals surface area (Å²) in [5.41, 5.74) is 1.56. The van der Waals surface area contributed by atoms with Crippen molar-refractivity contribution in [2.45, 2.75) is 19.5 Å². The summed E-state index contributed by atoms with van der Waals surface area (Å²) in [6.07, 6.45) is 1.75. The van der Waals surface area contributed by atoms with Crippen LogP contribution < -0.4 is 10.9 Å². The van der Waals surface area contributed by atoms with Gasteiger partial charge in [-0.05, 0) is 19.1 Å². The highest BCUT2D eigenvalue weighted by Crippen LogP contribution is 2.05. The predicted molar refractivity (Wildman–Crippen MR) is 74.2 cm³/mol. The van der Waals surface area contributed by atoms with Crippen molar-refractivity contribution in [2.24, 2.45) is 0 Å². The Morgan fingerprint density at radius 2 is 2.37 bits per heavy atom. The average Bonchev–Trinajstić information content (AvgIpc) is 2.39. The van der Waals surface area contributed by atoms with E-state index in [1.54, 1.807) is 16.7 Å². The van der Waals surface area contributed by atoms with Crippen LogP contribution in [-0.2, 0) is 6.54 Å². The summed E-state index contributed by atoms with van der Waals surface area (Å²) in [7, 11) is 0. The van der Waals surface area contributed by atoms with Crippen molar-refractivity contribution >= 4 is 5.65 Å². The first-order valence-corrected chi connectivity index (χ1v) is 6.65. The van der Waals surface area contributed by atoms with Crippen molar-refractivity contribution < 1.29 is 0 Å². The molecule has 5 nitrogen and oxygen atoms in total. The minimum Gasteiger partial charge on any atom is -0.312 e. The summed E-state index contributed by atoms with van der Waals surface area (Å²) in [5.74, 6) is 0. The molecule has 0 bridgehead atoms. The third kappa shape index (κ3) is 2.67. The number of nitrogens with zero attached hydrogens (tertiary/aromatic N) is 3. The van der Waals surface area contributed by atoms with E-state index in [-0.39, 0.29) is 5.56 Å². The van der Waals surface area contributed by atoms with E-state index in [4.69, 9.17) is 0 Å². The van der Waals surface area contributed by atoms with Crippen molar-refractivity contribution in [3.8, 4) is 0 Å². The van der Waals surface area contributed by atoms with Gasteiger partial charge >= 0.3 is 0 Å². The fourth-order valence-electron chi connectivity index (χ4n) is 2.57. The number of piperazine rings is 1. The lowest BCUT2D eigenvalue weighted by atomic mass is 10.2. The molecule has 2 aromatic heterocycles. The monoisotopic (exact) mass is 258 g/mol. The van der Waals surface area contributed by atoms with Gasteiger partial charge in [0.05, 0.1) is 5.69 Å². The van der Waals surface area contributed by atoms with Crippen LogP contribution in [0, 0.1) is 0 Å². The molecular weight excluding hydrogens is 240 g/mol. The van der Waals surface area contributed by atoms with E-state index in [0.29, 0.717) is 11.7 Å². The van der Waals surface area contributed by atoms with E-state index < -0.39 is 0 Å². The van der Waals surface area contributed by atoms with Crippen LogP contribution in [0.2, 0.25) is 0 Å². The van der Waals surface area contributed by atoms with E-state index in [0.717, 1.165) is 31.9 Å². The van der Waals surface area contributed by atoms with Crippen molar-refractivity contribution in [1.29, 1.82) is 0 Å². The zero-order chi connectivity index (χ0) is 13.2. The molecule has 2 aromatic rings. The number of pyridine rings is 1. The second kappa shape index (κ2) is 5.11. The number of rotatable bonds is 2. The highest BCUT2D eigenvalue weighted by atomic mass is 16.1. The number of nitrogens with one attached hydrogen (secondary N) is 1. The molecule has 3 rings (SSSR count). The lowest BCUT2D eigenvalue weighted by Crippen LogP contribution is -2.48. The molecule has 1 saturated heterocycles. The molecule has 1 aliphatic heterocycles. The minimum absolute atomic E-state index is 0.0104. The van der Waals surface area contributed by atoms with Gasteiger partial charge in [0, 0.05) is 44.5 Å². The molecule has 1 N–H and O–H groups in total. The van der Waals surface area contributed by atoms with E-state index >= 15 is 0 Å². The Hall–Kier alpha value is -1.72. The summed E-state index contributed by atoms with van der Waals surface area (Å²) < 4.78 is 1.57. The second-order valence-electron chi connectivity index (χ2n) is 5.10. The molecule has 100 valence electrons. The molecule has 1 atom stereocenters. The third-order valence-corrected chi connectivity index (χ3v) is 3.46. The van der Waals surface area contributed by atoms with Crippen LogP contribution in [0.4, 0.5) is 0 Å². The van der Waals surface area contributed by atoms with Crippen LogP contribution in [-0.4, -0.2) is 40.0 Å². The van der Waals surface area contributed by atoms with Gasteiger partial charge in [0.2, 0.25) is 0 Å². The quantitative estimate of drug-likeness (QED) is 0.851. The lowest BCUT2D eigenvalue weighted by molar-refractivity contribution is 0.197. The molecule has 0 aliphatic carbocycles. The van der Waals surface area contributed by atoms with Crippen LogP contribution in [0.3, 0.4) is 0 Å².